The van der Waals surface area contributed by atoms with Crippen LogP contribution in [-0.4, -0.2) is 43.5 Å². The minimum absolute atomic E-state index is 0.257. The van der Waals surface area contributed by atoms with Gasteiger partial charge in [-0.25, -0.2) is 0 Å². The molecule has 6 rings (SSSR count). The summed E-state index contributed by atoms with van der Waals surface area (Å²) >= 11 is 0. The van der Waals surface area contributed by atoms with Gasteiger partial charge in [-0.2, -0.15) is 0 Å². The Kier molecular flexibility index (Phi) is 25.9. The lowest BCUT2D eigenvalue weighted by atomic mass is 9.97. The van der Waals surface area contributed by atoms with Crippen molar-refractivity contribution in [2.45, 2.75) is 106 Å². The lowest BCUT2D eigenvalue weighted by Crippen LogP contribution is -2.38. The summed E-state index contributed by atoms with van der Waals surface area (Å²) in [6.45, 7) is 29.8. The van der Waals surface area contributed by atoms with Crippen LogP contribution in [0.2, 0.25) is 0 Å². The van der Waals surface area contributed by atoms with Crippen LogP contribution in [0.5, 0.6) is 0 Å². The van der Waals surface area contributed by atoms with Gasteiger partial charge in [0.2, 0.25) is 0 Å². The highest BCUT2D eigenvalue weighted by atomic mass is 15.2. The summed E-state index contributed by atoms with van der Waals surface area (Å²) in [6, 6.07) is 27.4. The van der Waals surface area contributed by atoms with E-state index in [9.17, 15) is 0 Å². The molecule has 0 saturated carbocycles. The quantitative estimate of drug-likeness (QED) is 0.0913. The first-order valence-corrected chi connectivity index (χ1v) is 22.6. The molecule has 3 aromatic rings. The molecule has 1 aliphatic carbocycles. The molecule has 61 heavy (non-hydrogen) atoms. The number of benzene rings is 3. The Hall–Kier alpha value is -5.41. The highest BCUT2D eigenvalue weighted by Gasteiger charge is 2.20. The summed E-state index contributed by atoms with van der Waals surface area (Å²) < 4.78 is 0. The zero-order valence-corrected chi connectivity index (χ0v) is 38.8. The fraction of sp³-hybridized carbons (Fsp3) is 0.375. The summed E-state index contributed by atoms with van der Waals surface area (Å²) in [5, 5.41) is 11.3. The topological polar surface area (TPSA) is 51.7 Å². The summed E-state index contributed by atoms with van der Waals surface area (Å²) in [4.78, 5) is 7.66. The second-order valence-electron chi connectivity index (χ2n) is 14.9. The molecule has 0 radical (unpaired) electrons. The van der Waals surface area contributed by atoms with Gasteiger partial charge >= 0.3 is 0 Å². The normalized spacial score (nSPS) is 17.8. The second-order valence-corrected chi connectivity index (χ2v) is 14.9. The smallest absolute Gasteiger partial charge is 0.0809 e. The van der Waals surface area contributed by atoms with Gasteiger partial charge in [-0.1, -0.05) is 144 Å². The van der Waals surface area contributed by atoms with Crippen LogP contribution in [0.3, 0.4) is 0 Å². The lowest BCUT2D eigenvalue weighted by molar-refractivity contribution is 0.246. The molecule has 5 nitrogen and oxygen atoms in total. The summed E-state index contributed by atoms with van der Waals surface area (Å²) in [6.07, 6.45) is 28.9. The zero-order chi connectivity index (χ0) is 44.8. The van der Waals surface area contributed by atoms with Gasteiger partial charge in [-0.15, -0.1) is 32.6 Å². The number of allylic oxidation sites excluding steroid dienone is 8. The molecule has 0 amide bonds. The van der Waals surface area contributed by atoms with E-state index in [0.29, 0.717) is 6.54 Å². The molecule has 3 aliphatic rings. The van der Waals surface area contributed by atoms with Crippen LogP contribution >= 0.6 is 0 Å². The fourth-order valence-corrected chi connectivity index (χ4v) is 7.49. The number of rotatable bonds is 13. The van der Waals surface area contributed by atoms with Crippen molar-refractivity contribution < 1.29 is 0 Å². The van der Waals surface area contributed by atoms with Crippen LogP contribution in [0.1, 0.15) is 115 Å². The van der Waals surface area contributed by atoms with Gasteiger partial charge in [-0.05, 0) is 115 Å². The van der Waals surface area contributed by atoms with E-state index in [1.807, 2.05) is 20.8 Å². The summed E-state index contributed by atoms with van der Waals surface area (Å²) in [5.41, 5.74) is 15.4. The number of nitrogens with zero attached hydrogens (tertiary/aromatic N) is 2. The molecule has 0 aromatic heterocycles. The van der Waals surface area contributed by atoms with Crippen molar-refractivity contribution in [3.8, 4) is 24.0 Å². The number of hydrogen-bond donors (Lipinski definition) is 3. The van der Waals surface area contributed by atoms with Crippen molar-refractivity contribution >= 4 is 11.3 Å². The molecular weight excluding hydrogens is 743 g/mol. The SMILES string of the molecule is C#C.C=C.C=CC.CC.CCC/C1=C(\CC)CNCN(CC)CC(c2ccc(-c3ccc(/C(C)=C/C(=NCc4cccc(CC5=CCCC=C5)c4)C4=CCCN4)cc3)cc2)N1. The summed E-state index contributed by atoms with van der Waals surface area (Å²) in [5.74, 6) is 0. The molecular formula is C56H77N5. The third-order valence-corrected chi connectivity index (χ3v) is 10.6. The van der Waals surface area contributed by atoms with Crippen LogP contribution in [0.25, 0.3) is 16.7 Å². The Morgan fingerprint density at radius 3 is 2.16 bits per heavy atom. The molecule has 3 N–H and O–H groups in total. The van der Waals surface area contributed by atoms with Gasteiger partial charge in [0.25, 0.3) is 0 Å². The van der Waals surface area contributed by atoms with Crippen molar-refractivity contribution in [3.63, 3.8) is 0 Å². The fourth-order valence-electron chi connectivity index (χ4n) is 7.49. The maximum atomic E-state index is 5.16. The Balaban J connectivity index is 0.00000133. The molecule has 3 aromatic carbocycles. The Morgan fingerprint density at radius 2 is 1.57 bits per heavy atom. The van der Waals surface area contributed by atoms with Crippen molar-refractivity contribution in [2.75, 3.05) is 32.8 Å². The zero-order valence-electron chi connectivity index (χ0n) is 38.8. The molecule has 0 bridgehead atoms. The van der Waals surface area contributed by atoms with Crippen molar-refractivity contribution in [3.05, 3.63) is 174 Å². The summed E-state index contributed by atoms with van der Waals surface area (Å²) in [7, 11) is 0. The molecule has 2 heterocycles. The van der Waals surface area contributed by atoms with E-state index in [-0.39, 0.29) is 6.04 Å². The van der Waals surface area contributed by atoms with E-state index in [4.69, 9.17) is 4.99 Å². The predicted octanol–water partition coefficient (Wildman–Crippen LogP) is 13.3. The maximum absolute atomic E-state index is 5.16. The minimum atomic E-state index is 0.257. The molecule has 1 unspecified atom stereocenters. The van der Waals surface area contributed by atoms with Crippen molar-refractivity contribution in [2.24, 2.45) is 4.99 Å². The van der Waals surface area contributed by atoms with Crippen molar-refractivity contribution in [1.29, 1.82) is 0 Å². The molecule has 0 saturated heterocycles. The van der Waals surface area contributed by atoms with Crippen LogP contribution in [0, 0.1) is 12.8 Å². The lowest BCUT2D eigenvalue weighted by Gasteiger charge is -2.28. The Bertz CT molecular complexity index is 1930. The van der Waals surface area contributed by atoms with Gasteiger partial charge in [0.05, 0.1) is 24.0 Å². The molecule has 0 spiro atoms. The first-order valence-electron chi connectivity index (χ1n) is 22.6. The second kappa shape index (κ2) is 30.6. The van der Waals surface area contributed by atoms with E-state index in [1.54, 1.807) is 6.08 Å². The molecule has 1 atom stereocenters. The van der Waals surface area contributed by atoms with Crippen LogP contribution < -0.4 is 16.0 Å². The molecule has 326 valence electrons. The van der Waals surface area contributed by atoms with Crippen LogP contribution in [0.4, 0.5) is 0 Å². The molecule has 5 heteroatoms. The van der Waals surface area contributed by atoms with Gasteiger partial charge in [0.15, 0.2) is 0 Å². The maximum Gasteiger partial charge on any atom is 0.0809 e. The van der Waals surface area contributed by atoms with Gasteiger partial charge in [0.1, 0.15) is 0 Å². The number of likely N-dealkylation sites (N-methyl/N-ethyl adjacent to an activating group) is 1. The number of aliphatic imine (C=N–C) groups is 1. The van der Waals surface area contributed by atoms with Gasteiger partial charge in [-0.3, -0.25) is 9.89 Å². The monoisotopic (exact) mass is 820 g/mol. The highest BCUT2D eigenvalue weighted by Crippen LogP contribution is 2.27. The van der Waals surface area contributed by atoms with Crippen molar-refractivity contribution in [1.82, 2.24) is 20.9 Å². The van der Waals surface area contributed by atoms with Crippen LogP contribution in [0.15, 0.2) is 157 Å². The average molecular weight is 820 g/mol. The third kappa shape index (κ3) is 17.2. The van der Waals surface area contributed by atoms with E-state index >= 15 is 0 Å². The van der Waals surface area contributed by atoms with E-state index < -0.39 is 0 Å². The average Bonchev–Trinajstić information content (AvgIpc) is 3.88. The number of nitrogens with one attached hydrogen (secondary N) is 3. The Morgan fingerprint density at radius 1 is 0.902 bits per heavy atom. The first-order chi connectivity index (χ1) is 29.9. The van der Waals surface area contributed by atoms with E-state index in [0.717, 1.165) is 89.2 Å². The largest absolute Gasteiger partial charge is 0.383 e. The predicted molar refractivity (Wildman–Crippen MR) is 271 cm³/mol. The number of terminal acetylenes is 1. The van der Waals surface area contributed by atoms with E-state index in [2.05, 4.69) is 184 Å². The third-order valence-electron chi connectivity index (χ3n) is 10.6. The highest BCUT2D eigenvalue weighted by molar-refractivity contribution is 6.11. The minimum Gasteiger partial charge on any atom is -0.383 e. The first kappa shape index (κ1) is 51.7. The van der Waals surface area contributed by atoms with Gasteiger partial charge in [0, 0.05) is 32.0 Å². The molecule has 2 aliphatic heterocycles. The Labute approximate surface area is 372 Å². The number of hydrogen-bond acceptors (Lipinski definition) is 5. The van der Waals surface area contributed by atoms with Crippen LogP contribution in [-0.2, 0) is 13.0 Å². The molecule has 0 fully saturated rings. The standard InChI is InChI=1S/C47H59N5.C3H6.C2H6.C2H4.C2H2/c1-5-13-44-39(6-2)32-48-34-52(7-3)33-47(51-44)43-25-23-42(24-26-43)41-21-19-40(20-22-41)35(4)28-46(45-18-12-27-49-45)50-31-38-17-11-16-37(30-38)29-36-14-9-8-10-15-36;1-3-2;3*1-2/h9,11,14-26,28,30,47-49,51H,5-8,10,12-13,27,29,31-34H2,1-4H3;3H,1H2,2H3;1-2H3;1-2H2;1-2H/b35-28+,44-39-,50-46?;;;;. The van der Waals surface area contributed by atoms with Gasteiger partial charge < -0.3 is 16.0 Å². The van der Waals surface area contributed by atoms with E-state index in [1.165, 1.54) is 55.8 Å².